The van der Waals surface area contributed by atoms with E-state index in [0.29, 0.717) is 6.54 Å². The summed E-state index contributed by atoms with van der Waals surface area (Å²) in [6, 6.07) is 8.16. The highest BCUT2D eigenvalue weighted by Gasteiger charge is 2.04. The molecule has 0 aromatic heterocycles. The first-order chi connectivity index (χ1) is 8.87. The van der Waals surface area contributed by atoms with Crippen molar-refractivity contribution in [3.8, 4) is 0 Å². The van der Waals surface area contributed by atoms with E-state index in [4.69, 9.17) is 0 Å². The Labute approximate surface area is 116 Å². The van der Waals surface area contributed by atoms with E-state index in [2.05, 4.69) is 56.5 Å². The van der Waals surface area contributed by atoms with Gasteiger partial charge in [0.05, 0.1) is 0 Å². The van der Waals surface area contributed by atoms with Gasteiger partial charge in [-0.1, -0.05) is 56.7 Å². The van der Waals surface area contributed by atoms with Crippen molar-refractivity contribution >= 4 is 6.03 Å². The zero-order valence-electron chi connectivity index (χ0n) is 12.3. The lowest BCUT2D eigenvalue weighted by Gasteiger charge is -2.11. The van der Waals surface area contributed by atoms with E-state index >= 15 is 0 Å². The number of carbonyl (C=O) groups excluding carboxylic acids is 1. The number of carbonyl (C=O) groups is 1. The number of urea groups is 1. The topological polar surface area (TPSA) is 41.1 Å². The van der Waals surface area contributed by atoms with Gasteiger partial charge in [-0.2, -0.15) is 0 Å². The van der Waals surface area contributed by atoms with Gasteiger partial charge in [-0.05, 0) is 24.3 Å². The zero-order chi connectivity index (χ0) is 14.3. The van der Waals surface area contributed by atoms with Gasteiger partial charge in [0.2, 0.25) is 0 Å². The van der Waals surface area contributed by atoms with Crippen LogP contribution in [0.2, 0.25) is 0 Å². The molecule has 0 aliphatic carbocycles. The molecule has 1 aromatic rings. The molecule has 3 nitrogen and oxygen atoms in total. The van der Waals surface area contributed by atoms with Crippen LogP contribution >= 0.6 is 0 Å². The highest BCUT2D eigenvalue weighted by atomic mass is 16.2. The first-order valence-corrected chi connectivity index (χ1v) is 6.64. The lowest BCUT2D eigenvalue weighted by Crippen LogP contribution is -2.33. The van der Waals surface area contributed by atoms with Gasteiger partial charge in [0, 0.05) is 12.7 Å². The van der Waals surface area contributed by atoms with Crippen LogP contribution in [0.15, 0.2) is 36.5 Å². The maximum Gasteiger partial charge on any atom is 0.318 e. The molecule has 0 aliphatic rings. The molecule has 0 heterocycles. The van der Waals surface area contributed by atoms with Gasteiger partial charge >= 0.3 is 6.03 Å². The summed E-state index contributed by atoms with van der Waals surface area (Å²) in [6.45, 7) is 8.96. The molecule has 3 heteroatoms. The summed E-state index contributed by atoms with van der Waals surface area (Å²) >= 11 is 0. The smallest absolute Gasteiger partial charge is 0.318 e. The maximum atomic E-state index is 11.5. The highest BCUT2D eigenvalue weighted by molar-refractivity contribution is 5.74. The SMILES string of the molecule is Cc1cccc(CCNC(=O)N/C=C/C(C)(C)C)c1. The minimum atomic E-state index is -0.159. The van der Waals surface area contributed by atoms with Crippen LogP contribution in [0.3, 0.4) is 0 Å². The van der Waals surface area contributed by atoms with Gasteiger partial charge in [0.1, 0.15) is 0 Å². The standard InChI is InChI=1S/C16H24N2O/c1-13-6-5-7-14(12-13)8-10-17-15(19)18-11-9-16(2,3)4/h5-7,9,11-12H,8,10H2,1-4H3,(H2,17,18,19)/b11-9+. The summed E-state index contributed by atoms with van der Waals surface area (Å²) in [6.07, 6.45) is 4.51. The highest BCUT2D eigenvalue weighted by Crippen LogP contribution is 2.13. The second kappa shape index (κ2) is 6.98. The monoisotopic (exact) mass is 260 g/mol. The van der Waals surface area contributed by atoms with Crippen molar-refractivity contribution < 1.29 is 4.79 Å². The van der Waals surface area contributed by atoms with Crippen LogP contribution < -0.4 is 10.6 Å². The zero-order valence-corrected chi connectivity index (χ0v) is 12.3. The Morgan fingerprint density at radius 3 is 2.68 bits per heavy atom. The van der Waals surface area contributed by atoms with Crippen LogP contribution in [-0.4, -0.2) is 12.6 Å². The largest absolute Gasteiger partial charge is 0.338 e. The maximum absolute atomic E-state index is 11.5. The van der Waals surface area contributed by atoms with E-state index in [1.54, 1.807) is 6.20 Å². The molecule has 0 atom stereocenters. The predicted octanol–water partition coefficient (Wildman–Crippen LogP) is 3.40. The van der Waals surface area contributed by atoms with Gasteiger partial charge in [-0.15, -0.1) is 0 Å². The van der Waals surface area contributed by atoms with Crippen molar-refractivity contribution in [3.05, 3.63) is 47.7 Å². The number of allylic oxidation sites excluding steroid dienone is 1. The Morgan fingerprint density at radius 2 is 2.05 bits per heavy atom. The summed E-state index contributed by atoms with van der Waals surface area (Å²) < 4.78 is 0. The van der Waals surface area contributed by atoms with E-state index in [0.717, 1.165) is 6.42 Å². The van der Waals surface area contributed by atoms with E-state index < -0.39 is 0 Å². The molecule has 0 unspecified atom stereocenters. The summed E-state index contributed by atoms with van der Waals surface area (Å²) in [5.41, 5.74) is 2.56. The molecule has 19 heavy (non-hydrogen) atoms. The van der Waals surface area contributed by atoms with Crippen molar-refractivity contribution in [1.82, 2.24) is 10.6 Å². The van der Waals surface area contributed by atoms with Crippen LogP contribution in [0.4, 0.5) is 4.79 Å². The second-order valence-electron chi connectivity index (χ2n) is 5.84. The van der Waals surface area contributed by atoms with Crippen LogP contribution in [0.5, 0.6) is 0 Å². The van der Waals surface area contributed by atoms with E-state index in [-0.39, 0.29) is 11.4 Å². The number of nitrogens with one attached hydrogen (secondary N) is 2. The quantitative estimate of drug-likeness (QED) is 0.856. The molecule has 1 rings (SSSR count). The molecular weight excluding hydrogens is 236 g/mol. The number of rotatable bonds is 4. The minimum absolute atomic E-state index is 0.0782. The fraction of sp³-hybridized carbons (Fsp3) is 0.438. The summed E-state index contributed by atoms with van der Waals surface area (Å²) in [7, 11) is 0. The molecule has 2 N–H and O–H groups in total. The fourth-order valence-electron chi connectivity index (χ4n) is 1.61. The number of hydrogen-bond donors (Lipinski definition) is 2. The average Bonchev–Trinajstić information content (AvgIpc) is 2.27. The van der Waals surface area contributed by atoms with E-state index in [1.807, 2.05) is 12.1 Å². The molecule has 0 radical (unpaired) electrons. The number of aryl methyl sites for hydroxylation is 1. The van der Waals surface area contributed by atoms with Crippen molar-refractivity contribution in [2.45, 2.75) is 34.1 Å². The van der Waals surface area contributed by atoms with Gasteiger partial charge in [-0.25, -0.2) is 4.79 Å². The first-order valence-electron chi connectivity index (χ1n) is 6.64. The fourth-order valence-corrected chi connectivity index (χ4v) is 1.61. The molecule has 0 saturated carbocycles. The number of hydrogen-bond acceptors (Lipinski definition) is 1. The second-order valence-corrected chi connectivity index (χ2v) is 5.84. The molecule has 2 amide bonds. The third-order valence-corrected chi connectivity index (χ3v) is 2.58. The predicted molar refractivity (Wildman–Crippen MR) is 80.0 cm³/mol. The summed E-state index contributed by atoms with van der Waals surface area (Å²) in [4.78, 5) is 11.5. The van der Waals surface area contributed by atoms with Crippen molar-refractivity contribution in [2.75, 3.05) is 6.54 Å². The first kappa shape index (κ1) is 15.3. The van der Waals surface area contributed by atoms with Crippen LogP contribution in [-0.2, 0) is 6.42 Å². The molecule has 0 fully saturated rings. The van der Waals surface area contributed by atoms with E-state index in [9.17, 15) is 4.79 Å². The molecule has 0 saturated heterocycles. The summed E-state index contributed by atoms with van der Waals surface area (Å²) in [5, 5.41) is 5.54. The minimum Gasteiger partial charge on any atom is -0.338 e. The van der Waals surface area contributed by atoms with Crippen molar-refractivity contribution in [3.63, 3.8) is 0 Å². The number of benzene rings is 1. The average molecular weight is 260 g/mol. The molecular formula is C16H24N2O. The Bertz CT molecular complexity index is 444. The van der Waals surface area contributed by atoms with Gasteiger partial charge < -0.3 is 10.6 Å². The normalized spacial score (nSPS) is 11.6. The number of amides is 2. The molecule has 1 aromatic carbocycles. The Hall–Kier alpha value is -1.77. The van der Waals surface area contributed by atoms with Gasteiger partial charge in [0.15, 0.2) is 0 Å². The molecule has 104 valence electrons. The van der Waals surface area contributed by atoms with Crippen LogP contribution in [0.25, 0.3) is 0 Å². The molecule has 0 bridgehead atoms. The molecule has 0 spiro atoms. The third kappa shape index (κ3) is 7.29. The molecule has 0 aliphatic heterocycles. The Kier molecular flexibility index (Phi) is 5.61. The van der Waals surface area contributed by atoms with Crippen LogP contribution in [0.1, 0.15) is 31.9 Å². The Morgan fingerprint density at radius 1 is 1.32 bits per heavy atom. The lowest BCUT2D eigenvalue weighted by atomic mass is 9.97. The lowest BCUT2D eigenvalue weighted by molar-refractivity contribution is 0.244. The van der Waals surface area contributed by atoms with Crippen LogP contribution in [0, 0.1) is 12.3 Å². The van der Waals surface area contributed by atoms with Gasteiger partial charge in [0.25, 0.3) is 0 Å². The Balaban J connectivity index is 2.26. The third-order valence-electron chi connectivity index (χ3n) is 2.58. The van der Waals surface area contributed by atoms with Crippen molar-refractivity contribution in [2.24, 2.45) is 5.41 Å². The van der Waals surface area contributed by atoms with Gasteiger partial charge in [-0.3, -0.25) is 0 Å². The van der Waals surface area contributed by atoms with Crippen molar-refractivity contribution in [1.29, 1.82) is 0 Å². The van der Waals surface area contributed by atoms with E-state index in [1.165, 1.54) is 11.1 Å². The summed E-state index contributed by atoms with van der Waals surface area (Å²) in [5.74, 6) is 0.